The maximum absolute atomic E-state index is 12.3. The molecule has 2 aromatic heterocycles. The lowest BCUT2D eigenvalue weighted by molar-refractivity contribution is 0.0685. The molecular weight excluding hydrogens is 374 g/mol. The first-order valence-corrected chi connectivity index (χ1v) is 9.83. The Hall–Kier alpha value is -3.70. The summed E-state index contributed by atoms with van der Waals surface area (Å²) in [5, 5.41) is 14.3. The molecule has 0 fully saturated rings. The quantitative estimate of drug-likeness (QED) is 0.452. The molecule has 0 radical (unpaired) electrons. The fourth-order valence-electron chi connectivity index (χ4n) is 3.72. The summed E-state index contributed by atoms with van der Waals surface area (Å²) in [7, 11) is 0. The van der Waals surface area contributed by atoms with Gasteiger partial charge in [-0.15, -0.1) is 0 Å². The summed E-state index contributed by atoms with van der Waals surface area (Å²) in [6, 6.07) is 21.6. The molecule has 0 unspecified atom stereocenters. The molecule has 30 heavy (non-hydrogen) atoms. The molecule has 2 heterocycles. The summed E-state index contributed by atoms with van der Waals surface area (Å²) in [4.78, 5) is 16.6. The zero-order valence-electron chi connectivity index (χ0n) is 16.6. The predicted molar refractivity (Wildman–Crippen MR) is 119 cm³/mol. The standard InChI is InChI=1S/C25H23N3O2/c1-2-18-10-12-19(13-11-18)17-28-23-9-4-3-8-21(23)22(24(28)25(29)30)16-26-15-20-7-5-6-14-27-20/h2-14,26H,1,15-17H2,(H,29,30). The lowest BCUT2D eigenvalue weighted by atomic mass is 10.1. The molecule has 0 aliphatic rings. The summed E-state index contributed by atoms with van der Waals surface area (Å²) < 4.78 is 1.89. The summed E-state index contributed by atoms with van der Waals surface area (Å²) >= 11 is 0. The molecule has 4 aromatic rings. The number of rotatable bonds is 8. The number of carboxylic acids is 1. The van der Waals surface area contributed by atoms with E-state index in [4.69, 9.17) is 0 Å². The van der Waals surface area contributed by atoms with Gasteiger partial charge in [-0.05, 0) is 29.3 Å². The zero-order chi connectivity index (χ0) is 20.9. The number of aromatic carboxylic acids is 1. The largest absolute Gasteiger partial charge is 0.477 e. The molecule has 5 heteroatoms. The third-order valence-corrected chi connectivity index (χ3v) is 5.17. The first kappa shape index (κ1) is 19.6. The average molecular weight is 397 g/mol. The smallest absolute Gasteiger partial charge is 0.352 e. The Balaban J connectivity index is 1.69. The Labute approximate surface area is 175 Å². The van der Waals surface area contributed by atoms with Crippen LogP contribution in [-0.4, -0.2) is 20.6 Å². The number of carbonyl (C=O) groups is 1. The van der Waals surface area contributed by atoms with E-state index >= 15 is 0 Å². The van der Waals surface area contributed by atoms with Gasteiger partial charge in [0.15, 0.2) is 0 Å². The van der Waals surface area contributed by atoms with Gasteiger partial charge in [0.2, 0.25) is 0 Å². The van der Waals surface area contributed by atoms with Gasteiger partial charge in [-0.3, -0.25) is 4.98 Å². The van der Waals surface area contributed by atoms with Crippen LogP contribution in [0.25, 0.3) is 17.0 Å². The summed E-state index contributed by atoms with van der Waals surface area (Å²) in [6.45, 7) is 5.29. The van der Waals surface area contributed by atoms with Crippen LogP contribution in [0.1, 0.15) is 32.9 Å². The Morgan fingerprint density at radius 3 is 2.50 bits per heavy atom. The molecule has 2 N–H and O–H groups in total. The van der Waals surface area contributed by atoms with Crippen molar-refractivity contribution in [1.82, 2.24) is 14.9 Å². The molecule has 0 atom stereocenters. The van der Waals surface area contributed by atoms with Gasteiger partial charge >= 0.3 is 5.97 Å². The van der Waals surface area contributed by atoms with Crippen molar-refractivity contribution in [2.75, 3.05) is 0 Å². The Bertz CT molecular complexity index is 1180. The molecule has 0 amide bonds. The number of para-hydroxylation sites is 1. The summed E-state index contributed by atoms with van der Waals surface area (Å²) in [6.07, 6.45) is 3.55. The van der Waals surface area contributed by atoms with E-state index in [0.29, 0.717) is 25.3 Å². The van der Waals surface area contributed by atoms with Gasteiger partial charge in [-0.1, -0.05) is 61.2 Å². The van der Waals surface area contributed by atoms with Crippen LogP contribution < -0.4 is 5.32 Å². The minimum atomic E-state index is -0.927. The number of aromatic nitrogens is 2. The van der Waals surface area contributed by atoms with E-state index in [1.807, 2.05) is 71.3 Å². The van der Waals surface area contributed by atoms with Crippen LogP contribution in [0.15, 0.2) is 79.5 Å². The number of hydrogen-bond donors (Lipinski definition) is 2. The topological polar surface area (TPSA) is 67.2 Å². The third-order valence-electron chi connectivity index (χ3n) is 5.17. The van der Waals surface area contributed by atoms with E-state index in [9.17, 15) is 9.90 Å². The Kier molecular flexibility index (Phi) is 5.72. The molecule has 0 spiro atoms. The summed E-state index contributed by atoms with van der Waals surface area (Å²) in [5.74, 6) is -0.927. The highest BCUT2D eigenvalue weighted by atomic mass is 16.4. The van der Waals surface area contributed by atoms with Crippen LogP contribution in [0, 0.1) is 0 Å². The number of nitrogens with zero attached hydrogens (tertiary/aromatic N) is 2. The number of hydrogen-bond acceptors (Lipinski definition) is 3. The summed E-state index contributed by atoms with van der Waals surface area (Å²) in [5.41, 5.74) is 5.01. The first-order chi connectivity index (χ1) is 14.7. The lowest BCUT2D eigenvalue weighted by Gasteiger charge is -2.10. The molecule has 0 bridgehead atoms. The molecule has 4 rings (SSSR count). The number of fused-ring (bicyclic) bond motifs is 1. The van der Waals surface area contributed by atoms with E-state index in [1.54, 1.807) is 12.3 Å². The van der Waals surface area contributed by atoms with Gasteiger partial charge in [-0.2, -0.15) is 0 Å². The third kappa shape index (κ3) is 4.02. The number of pyridine rings is 1. The second kappa shape index (κ2) is 8.76. The Morgan fingerprint density at radius 1 is 1.03 bits per heavy atom. The first-order valence-electron chi connectivity index (χ1n) is 9.83. The van der Waals surface area contributed by atoms with Crippen molar-refractivity contribution in [2.45, 2.75) is 19.6 Å². The highest BCUT2D eigenvalue weighted by molar-refractivity contribution is 5.98. The zero-order valence-corrected chi connectivity index (χ0v) is 16.6. The van der Waals surface area contributed by atoms with Crippen molar-refractivity contribution in [2.24, 2.45) is 0 Å². The maximum Gasteiger partial charge on any atom is 0.352 e. The average Bonchev–Trinajstić information content (AvgIpc) is 3.09. The monoisotopic (exact) mass is 397 g/mol. The minimum absolute atomic E-state index is 0.317. The normalized spacial score (nSPS) is 10.9. The van der Waals surface area contributed by atoms with Crippen molar-refractivity contribution in [3.63, 3.8) is 0 Å². The molecule has 0 saturated heterocycles. The molecule has 0 aliphatic heterocycles. The van der Waals surface area contributed by atoms with E-state index in [1.165, 1.54) is 0 Å². The van der Waals surface area contributed by atoms with E-state index < -0.39 is 5.97 Å². The Morgan fingerprint density at radius 2 is 1.80 bits per heavy atom. The molecule has 2 aromatic carbocycles. The van der Waals surface area contributed by atoms with E-state index in [2.05, 4.69) is 16.9 Å². The van der Waals surface area contributed by atoms with Crippen LogP contribution in [-0.2, 0) is 19.6 Å². The van der Waals surface area contributed by atoms with E-state index in [-0.39, 0.29) is 0 Å². The fraction of sp³-hybridized carbons (Fsp3) is 0.120. The van der Waals surface area contributed by atoms with Crippen molar-refractivity contribution in [1.29, 1.82) is 0 Å². The minimum Gasteiger partial charge on any atom is -0.477 e. The van der Waals surface area contributed by atoms with Gasteiger partial charge in [-0.25, -0.2) is 4.79 Å². The predicted octanol–water partition coefficient (Wildman–Crippen LogP) is 4.72. The van der Waals surface area contributed by atoms with Gasteiger partial charge in [0.1, 0.15) is 5.69 Å². The lowest BCUT2D eigenvalue weighted by Crippen LogP contribution is -2.17. The molecular formula is C25H23N3O2. The molecule has 150 valence electrons. The van der Waals surface area contributed by atoms with Gasteiger partial charge in [0, 0.05) is 42.3 Å². The van der Waals surface area contributed by atoms with Crippen molar-refractivity contribution < 1.29 is 9.90 Å². The molecule has 0 aliphatic carbocycles. The van der Waals surface area contributed by atoms with Crippen LogP contribution in [0.3, 0.4) is 0 Å². The van der Waals surface area contributed by atoms with Crippen molar-refractivity contribution >= 4 is 22.9 Å². The van der Waals surface area contributed by atoms with E-state index in [0.717, 1.165) is 33.3 Å². The van der Waals surface area contributed by atoms with Crippen molar-refractivity contribution in [3.8, 4) is 0 Å². The number of nitrogens with one attached hydrogen (secondary N) is 1. The van der Waals surface area contributed by atoms with Crippen LogP contribution >= 0.6 is 0 Å². The second-order valence-electron chi connectivity index (χ2n) is 7.11. The second-order valence-corrected chi connectivity index (χ2v) is 7.11. The highest BCUT2D eigenvalue weighted by Gasteiger charge is 2.22. The molecule has 0 saturated carbocycles. The van der Waals surface area contributed by atoms with Gasteiger partial charge < -0.3 is 15.0 Å². The van der Waals surface area contributed by atoms with Crippen LogP contribution in [0.5, 0.6) is 0 Å². The molecule has 5 nitrogen and oxygen atoms in total. The maximum atomic E-state index is 12.3. The highest BCUT2D eigenvalue weighted by Crippen LogP contribution is 2.28. The van der Waals surface area contributed by atoms with Crippen LogP contribution in [0.2, 0.25) is 0 Å². The van der Waals surface area contributed by atoms with Gasteiger partial charge in [0.05, 0.1) is 5.69 Å². The van der Waals surface area contributed by atoms with Crippen LogP contribution in [0.4, 0.5) is 0 Å². The SMILES string of the molecule is C=Cc1ccc(Cn2c(C(=O)O)c(CNCc3ccccn3)c3ccccc32)cc1. The fourth-order valence-corrected chi connectivity index (χ4v) is 3.72. The van der Waals surface area contributed by atoms with Crippen molar-refractivity contribution in [3.05, 3.63) is 108 Å². The number of carboxylic acid groups (broad SMARTS) is 1. The van der Waals surface area contributed by atoms with Gasteiger partial charge in [0.25, 0.3) is 0 Å². The number of benzene rings is 2.